The van der Waals surface area contributed by atoms with Gasteiger partial charge >= 0.3 is 0 Å². The lowest BCUT2D eigenvalue weighted by atomic mass is 9.99. The quantitative estimate of drug-likeness (QED) is 0.317. The van der Waals surface area contributed by atoms with E-state index in [1.165, 1.54) is 5.56 Å². The Morgan fingerprint density at radius 1 is 0.844 bits per heavy atom. The van der Waals surface area contributed by atoms with E-state index < -0.39 is 0 Å². The Balaban J connectivity index is 1.66. The predicted molar refractivity (Wildman–Crippen MR) is 128 cm³/mol. The van der Waals surface area contributed by atoms with E-state index in [9.17, 15) is 4.79 Å². The lowest BCUT2D eigenvalue weighted by Crippen LogP contribution is -2.05. The van der Waals surface area contributed by atoms with Gasteiger partial charge in [0.25, 0.3) is 0 Å². The second kappa shape index (κ2) is 8.16. The Hall–Kier alpha value is -4.18. The van der Waals surface area contributed by atoms with Gasteiger partial charge in [-0.25, -0.2) is 4.68 Å². The molecule has 0 unspecified atom stereocenters. The SMILES string of the molecule is COc1ccc(-n2nc(C(=O)c3cccc4ccccc34)cc2-c2ccc(C)cc2)cc1. The summed E-state index contributed by atoms with van der Waals surface area (Å²) in [5.41, 5.74) is 4.95. The predicted octanol–water partition coefficient (Wildman–Crippen LogP) is 6.24. The van der Waals surface area contributed by atoms with Gasteiger partial charge in [-0.3, -0.25) is 4.79 Å². The number of carbonyl (C=O) groups is 1. The maximum atomic E-state index is 13.5. The fraction of sp³-hybridized carbons (Fsp3) is 0.0714. The van der Waals surface area contributed by atoms with Gasteiger partial charge in [0, 0.05) is 11.1 Å². The normalized spacial score (nSPS) is 10.9. The van der Waals surface area contributed by atoms with Crippen molar-refractivity contribution in [1.82, 2.24) is 9.78 Å². The minimum Gasteiger partial charge on any atom is -0.497 e. The molecule has 4 nitrogen and oxygen atoms in total. The molecule has 4 heteroatoms. The van der Waals surface area contributed by atoms with Crippen molar-refractivity contribution >= 4 is 16.6 Å². The third-order valence-electron chi connectivity index (χ3n) is 5.64. The van der Waals surface area contributed by atoms with Crippen LogP contribution in [0.1, 0.15) is 21.6 Å². The minimum atomic E-state index is -0.0950. The number of rotatable bonds is 5. The van der Waals surface area contributed by atoms with Crippen molar-refractivity contribution in [3.63, 3.8) is 0 Å². The molecule has 0 saturated carbocycles. The maximum absolute atomic E-state index is 13.5. The molecule has 5 rings (SSSR count). The molecule has 1 aromatic heterocycles. The average Bonchev–Trinajstić information content (AvgIpc) is 3.29. The van der Waals surface area contributed by atoms with Crippen LogP contribution < -0.4 is 4.74 Å². The van der Waals surface area contributed by atoms with Crippen LogP contribution in [0.4, 0.5) is 0 Å². The molecule has 1 heterocycles. The van der Waals surface area contributed by atoms with Gasteiger partial charge in [-0.05, 0) is 48.0 Å². The Labute approximate surface area is 186 Å². The number of ketones is 1. The second-order valence-electron chi connectivity index (χ2n) is 7.75. The largest absolute Gasteiger partial charge is 0.497 e. The monoisotopic (exact) mass is 418 g/mol. The van der Waals surface area contributed by atoms with E-state index in [0.29, 0.717) is 11.3 Å². The molecular weight excluding hydrogens is 396 g/mol. The lowest BCUT2D eigenvalue weighted by molar-refractivity contribution is 0.103. The molecule has 0 amide bonds. The highest BCUT2D eigenvalue weighted by molar-refractivity contribution is 6.15. The number of ether oxygens (including phenoxy) is 1. The van der Waals surface area contributed by atoms with Crippen LogP contribution in [0.15, 0.2) is 97.1 Å². The van der Waals surface area contributed by atoms with Crippen molar-refractivity contribution in [1.29, 1.82) is 0 Å². The van der Waals surface area contributed by atoms with Gasteiger partial charge in [0.2, 0.25) is 5.78 Å². The second-order valence-corrected chi connectivity index (χ2v) is 7.75. The molecule has 32 heavy (non-hydrogen) atoms. The molecule has 0 fully saturated rings. The summed E-state index contributed by atoms with van der Waals surface area (Å²) in [6.07, 6.45) is 0. The first kappa shape index (κ1) is 19.8. The molecule has 0 aliphatic heterocycles. The smallest absolute Gasteiger partial charge is 0.213 e. The van der Waals surface area contributed by atoms with E-state index in [0.717, 1.165) is 33.5 Å². The molecule has 156 valence electrons. The highest BCUT2D eigenvalue weighted by atomic mass is 16.5. The van der Waals surface area contributed by atoms with Crippen molar-refractivity contribution in [3.05, 3.63) is 114 Å². The molecule has 4 aromatic carbocycles. The van der Waals surface area contributed by atoms with Crippen LogP contribution in [0.25, 0.3) is 27.7 Å². The fourth-order valence-corrected chi connectivity index (χ4v) is 3.90. The van der Waals surface area contributed by atoms with Crippen LogP contribution in [-0.4, -0.2) is 22.7 Å². The summed E-state index contributed by atoms with van der Waals surface area (Å²) in [6.45, 7) is 2.06. The first-order chi connectivity index (χ1) is 15.6. The van der Waals surface area contributed by atoms with Crippen molar-refractivity contribution in [2.24, 2.45) is 0 Å². The molecule has 0 bridgehead atoms. The van der Waals surface area contributed by atoms with Crippen molar-refractivity contribution in [3.8, 4) is 22.7 Å². The number of benzene rings is 4. The molecule has 0 N–H and O–H groups in total. The zero-order chi connectivity index (χ0) is 22.1. The molecule has 5 aromatic rings. The fourth-order valence-electron chi connectivity index (χ4n) is 3.90. The zero-order valence-corrected chi connectivity index (χ0v) is 17.9. The number of methoxy groups -OCH3 is 1. The molecule has 0 aliphatic rings. The number of nitrogens with zero attached hydrogens (tertiary/aromatic N) is 2. The van der Waals surface area contributed by atoms with Crippen LogP contribution in [0.3, 0.4) is 0 Å². The van der Waals surface area contributed by atoms with E-state index in [1.54, 1.807) is 7.11 Å². The Morgan fingerprint density at radius 2 is 1.56 bits per heavy atom. The van der Waals surface area contributed by atoms with Crippen LogP contribution in [0.2, 0.25) is 0 Å². The summed E-state index contributed by atoms with van der Waals surface area (Å²) in [6, 6.07) is 31.5. The van der Waals surface area contributed by atoms with Crippen LogP contribution in [-0.2, 0) is 0 Å². The number of hydrogen-bond acceptors (Lipinski definition) is 3. The Kier molecular flexibility index (Phi) is 5.04. The van der Waals surface area contributed by atoms with Gasteiger partial charge in [0.15, 0.2) is 0 Å². The summed E-state index contributed by atoms with van der Waals surface area (Å²) in [7, 11) is 1.64. The van der Waals surface area contributed by atoms with E-state index in [1.807, 2.05) is 77.5 Å². The van der Waals surface area contributed by atoms with Crippen LogP contribution in [0, 0.1) is 6.92 Å². The molecule has 0 saturated heterocycles. The van der Waals surface area contributed by atoms with Gasteiger partial charge in [-0.1, -0.05) is 72.3 Å². The van der Waals surface area contributed by atoms with Gasteiger partial charge in [0.05, 0.1) is 18.5 Å². The molecule has 0 aliphatic carbocycles. The summed E-state index contributed by atoms with van der Waals surface area (Å²) in [4.78, 5) is 13.5. The van der Waals surface area contributed by atoms with E-state index >= 15 is 0 Å². The number of hydrogen-bond donors (Lipinski definition) is 0. The van der Waals surface area contributed by atoms with Crippen molar-refractivity contribution < 1.29 is 9.53 Å². The molecule has 0 radical (unpaired) electrons. The number of fused-ring (bicyclic) bond motifs is 1. The maximum Gasteiger partial charge on any atom is 0.213 e. The minimum absolute atomic E-state index is 0.0950. The average molecular weight is 418 g/mol. The lowest BCUT2D eigenvalue weighted by Gasteiger charge is -2.09. The van der Waals surface area contributed by atoms with Gasteiger partial charge < -0.3 is 4.74 Å². The van der Waals surface area contributed by atoms with Crippen LogP contribution >= 0.6 is 0 Å². The molecule has 0 atom stereocenters. The first-order valence-corrected chi connectivity index (χ1v) is 10.5. The third kappa shape index (κ3) is 3.56. The van der Waals surface area contributed by atoms with Gasteiger partial charge in [-0.15, -0.1) is 0 Å². The number of aromatic nitrogens is 2. The van der Waals surface area contributed by atoms with Gasteiger partial charge in [0.1, 0.15) is 11.4 Å². The van der Waals surface area contributed by atoms with E-state index in [4.69, 9.17) is 9.84 Å². The van der Waals surface area contributed by atoms with Gasteiger partial charge in [-0.2, -0.15) is 5.10 Å². The summed E-state index contributed by atoms with van der Waals surface area (Å²) < 4.78 is 7.11. The molecule has 0 spiro atoms. The number of aryl methyl sites for hydroxylation is 1. The standard InChI is InChI=1S/C28H22N2O2/c1-19-10-12-21(13-11-19)27-18-26(29-30(27)22-14-16-23(32-2)17-15-22)28(31)25-9-5-7-20-6-3-4-8-24(20)25/h3-18H,1-2H3. The zero-order valence-electron chi connectivity index (χ0n) is 17.9. The highest BCUT2D eigenvalue weighted by Crippen LogP contribution is 2.28. The highest BCUT2D eigenvalue weighted by Gasteiger charge is 2.20. The Bertz CT molecular complexity index is 1410. The topological polar surface area (TPSA) is 44.1 Å². The summed E-state index contributed by atoms with van der Waals surface area (Å²) >= 11 is 0. The summed E-state index contributed by atoms with van der Waals surface area (Å²) in [5, 5.41) is 6.70. The van der Waals surface area contributed by atoms with Crippen LogP contribution in [0.5, 0.6) is 5.75 Å². The van der Waals surface area contributed by atoms with Crippen molar-refractivity contribution in [2.45, 2.75) is 6.92 Å². The number of carbonyl (C=O) groups excluding carboxylic acids is 1. The Morgan fingerprint density at radius 3 is 2.31 bits per heavy atom. The first-order valence-electron chi connectivity index (χ1n) is 10.5. The van der Waals surface area contributed by atoms with Crippen molar-refractivity contribution in [2.75, 3.05) is 7.11 Å². The van der Waals surface area contributed by atoms with E-state index in [2.05, 4.69) is 31.2 Å². The van der Waals surface area contributed by atoms with E-state index in [-0.39, 0.29) is 5.78 Å². The summed E-state index contributed by atoms with van der Waals surface area (Å²) in [5.74, 6) is 0.673. The third-order valence-corrected chi connectivity index (χ3v) is 5.64. The molecular formula is C28H22N2O2.